The van der Waals surface area contributed by atoms with E-state index in [2.05, 4.69) is 124 Å². The Morgan fingerprint density at radius 1 is 0.550 bits per heavy atom. The third kappa shape index (κ3) is 9.95. The lowest BCUT2D eigenvalue weighted by molar-refractivity contribution is -0.133. The zero-order valence-corrected chi connectivity index (χ0v) is 32.9. The van der Waals surface area contributed by atoms with E-state index in [-0.39, 0.29) is 11.3 Å². The molecule has 0 aromatic heterocycles. The number of carbonyl (C=O) groups is 2. The number of nitriles is 1. The molecule has 7 rings (SSSR count). The second-order valence-electron chi connectivity index (χ2n) is 14.5. The summed E-state index contributed by atoms with van der Waals surface area (Å²) in [5.41, 5.74) is 11.4. The Morgan fingerprint density at radius 2 is 0.933 bits per heavy atom. The smallest absolute Gasteiger partial charge is 0.346 e. The van der Waals surface area contributed by atoms with Gasteiger partial charge in [-0.3, -0.25) is 4.79 Å². The first-order valence-electron chi connectivity index (χ1n) is 19.8. The van der Waals surface area contributed by atoms with Gasteiger partial charge in [0, 0.05) is 34.1 Å². The summed E-state index contributed by atoms with van der Waals surface area (Å²) in [5, 5.41) is 27.8. The summed E-state index contributed by atoms with van der Waals surface area (Å²) in [7, 11) is 0. The third-order valence-electron chi connectivity index (χ3n) is 10.3. The number of aliphatic carboxylic acids is 2. The number of nitrogens with zero attached hydrogens (tertiary/aromatic N) is 4. The monoisotopic (exact) mass is 786 g/mol. The Balaban J connectivity index is 1.16. The Bertz CT molecular complexity index is 2450. The normalized spacial score (nSPS) is 15.6. The van der Waals surface area contributed by atoms with Gasteiger partial charge < -0.3 is 20.0 Å². The van der Waals surface area contributed by atoms with E-state index in [9.17, 15) is 25.1 Å². The van der Waals surface area contributed by atoms with Gasteiger partial charge in [0.15, 0.2) is 0 Å². The van der Waals surface area contributed by atoms with Crippen molar-refractivity contribution in [2.75, 3.05) is 9.80 Å². The van der Waals surface area contributed by atoms with E-state index >= 15 is 0 Å². The maximum Gasteiger partial charge on any atom is 0.346 e. The van der Waals surface area contributed by atoms with Crippen molar-refractivity contribution in [2.24, 2.45) is 0 Å². The highest BCUT2D eigenvalue weighted by Gasteiger charge is 2.17. The van der Waals surface area contributed by atoms with Crippen molar-refractivity contribution in [1.29, 1.82) is 5.26 Å². The van der Waals surface area contributed by atoms with E-state index in [1.807, 2.05) is 48.6 Å². The van der Waals surface area contributed by atoms with Crippen molar-refractivity contribution < 1.29 is 19.8 Å². The van der Waals surface area contributed by atoms with Crippen molar-refractivity contribution in [1.82, 2.24) is 0 Å². The van der Waals surface area contributed by atoms with Gasteiger partial charge in [0.1, 0.15) is 11.6 Å². The predicted octanol–water partition coefficient (Wildman–Crippen LogP) is 13.0. The fraction of sp³-hybridized carbons (Fsp3) is 0.115. The number of carboxylic acids is 2. The van der Waals surface area contributed by atoms with Crippen LogP contribution in [0, 0.1) is 17.9 Å². The van der Waals surface area contributed by atoms with E-state index in [1.54, 1.807) is 6.07 Å². The van der Waals surface area contributed by atoms with Crippen molar-refractivity contribution in [3.05, 3.63) is 214 Å². The molecular formula is C52H42N4O4. The highest BCUT2D eigenvalue weighted by molar-refractivity contribution is 5.92. The Labute approximate surface area is 350 Å². The minimum atomic E-state index is -1.21. The van der Waals surface area contributed by atoms with Gasteiger partial charge >= 0.3 is 11.9 Å². The molecule has 0 spiro atoms. The molecule has 5 aromatic carbocycles. The van der Waals surface area contributed by atoms with Gasteiger partial charge in [-0.05, 0) is 151 Å². The average Bonchev–Trinajstić information content (AvgIpc) is 3.27. The minimum Gasteiger partial charge on any atom is -0.486 e. The fourth-order valence-electron chi connectivity index (χ4n) is 7.52. The van der Waals surface area contributed by atoms with Crippen molar-refractivity contribution in [2.45, 2.75) is 38.5 Å². The summed E-state index contributed by atoms with van der Waals surface area (Å²) in [5.74, 6) is -2.42. The largest absolute Gasteiger partial charge is 0.486 e. The zero-order valence-electron chi connectivity index (χ0n) is 32.9. The standard InChI is InChI=1S/C52H42N4O4/c1-54-50(52(59)60)35-42-13-9-11-40(33-42)31-38-20-24-47(25-21-38)56(45-16-6-3-7-17-45)49-28-26-48(27-29-49)55(44-14-4-2-5-15-44)46-22-18-37(19-23-46)30-39-10-8-12-41(32-39)34-43(36-53)51(57)58/h2-7,14-35H,8-13H2,(H,57,58)(H,59,60)/b39-30?,40-31+,43-34?,50-35-. The lowest BCUT2D eigenvalue weighted by Crippen LogP contribution is -2.12. The Hall–Kier alpha value is -7.94. The van der Waals surface area contributed by atoms with E-state index in [0.29, 0.717) is 0 Å². The molecule has 8 nitrogen and oxygen atoms in total. The van der Waals surface area contributed by atoms with E-state index in [0.717, 1.165) is 106 Å². The maximum absolute atomic E-state index is 11.4. The topological polar surface area (TPSA) is 109 Å². The summed E-state index contributed by atoms with van der Waals surface area (Å²) in [6.07, 6.45) is 16.2. The highest BCUT2D eigenvalue weighted by Crippen LogP contribution is 2.39. The number of hydrogen-bond donors (Lipinski definition) is 2. The Kier molecular flexibility index (Phi) is 12.8. The molecule has 0 atom stereocenters. The molecule has 294 valence electrons. The molecule has 0 radical (unpaired) electrons. The average molecular weight is 787 g/mol. The van der Waals surface area contributed by atoms with Crippen LogP contribution >= 0.6 is 0 Å². The second-order valence-corrected chi connectivity index (χ2v) is 14.5. The van der Waals surface area contributed by atoms with Crippen LogP contribution in [0.15, 0.2) is 191 Å². The predicted molar refractivity (Wildman–Crippen MR) is 239 cm³/mol. The molecule has 0 aliphatic heterocycles. The van der Waals surface area contributed by atoms with Gasteiger partial charge in [-0.1, -0.05) is 90.5 Å². The molecular weight excluding hydrogens is 745 g/mol. The molecule has 0 unspecified atom stereocenters. The highest BCUT2D eigenvalue weighted by atomic mass is 16.4. The minimum absolute atomic E-state index is 0.256. The summed E-state index contributed by atoms with van der Waals surface area (Å²) < 4.78 is 0. The summed E-state index contributed by atoms with van der Waals surface area (Å²) in [4.78, 5) is 30.4. The molecule has 2 aliphatic carbocycles. The van der Waals surface area contributed by atoms with Crippen LogP contribution in [0.3, 0.4) is 0 Å². The molecule has 0 bridgehead atoms. The van der Waals surface area contributed by atoms with E-state index in [1.165, 1.54) is 12.2 Å². The van der Waals surface area contributed by atoms with Crippen LogP contribution in [0.2, 0.25) is 0 Å². The zero-order chi connectivity index (χ0) is 41.8. The van der Waals surface area contributed by atoms with Gasteiger partial charge in [-0.15, -0.1) is 0 Å². The number of carboxylic acid groups (broad SMARTS) is 2. The summed E-state index contributed by atoms with van der Waals surface area (Å²) >= 11 is 0. The second kappa shape index (κ2) is 19.0. The number of hydrogen-bond acceptors (Lipinski definition) is 5. The van der Waals surface area contributed by atoms with Crippen LogP contribution in [-0.4, -0.2) is 22.2 Å². The van der Waals surface area contributed by atoms with Crippen LogP contribution in [0.1, 0.15) is 49.7 Å². The number of allylic oxidation sites excluding steroid dienone is 8. The fourth-order valence-corrected chi connectivity index (χ4v) is 7.52. The van der Waals surface area contributed by atoms with Crippen molar-refractivity contribution in [3.63, 3.8) is 0 Å². The van der Waals surface area contributed by atoms with Crippen LogP contribution in [0.25, 0.3) is 17.0 Å². The van der Waals surface area contributed by atoms with Gasteiger partial charge in [-0.2, -0.15) is 5.26 Å². The molecule has 0 amide bonds. The molecule has 0 heterocycles. The molecule has 0 fully saturated rings. The molecule has 8 heteroatoms. The van der Waals surface area contributed by atoms with Crippen LogP contribution in [-0.2, 0) is 9.59 Å². The first-order valence-corrected chi connectivity index (χ1v) is 19.8. The molecule has 5 aromatic rings. The molecule has 0 saturated carbocycles. The molecule has 60 heavy (non-hydrogen) atoms. The van der Waals surface area contributed by atoms with E-state index in [4.69, 9.17) is 6.57 Å². The Morgan fingerprint density at radius 3 is 1.30 bits per heavy atom. The first kappa shape index (κ1) is 40.3. The summed E-state index contributed by atoms with van der Waals surface area (Å²) in [6, 6.07) is 47.6. The van der Waals surface area contributed by atoms with Gasteiger partial charge in [0.2, 0.25) is 0 Å². The van der Waals surface area contributed by atoms with Gasteiger partial charge in [0.25, 0.3) is 5.70 Å². The molecule has 2 N–H and O–H groups in total. The van der Waals surface area contributed by atoms with Crippen molar-refractivity contribution in [3.8, 4) is 6.07 Å². The SMILES string of the molecule is [C-]#[N+]/C(=C\C1=CC(=C/c2ccc(N(c3ccccc3)c3ccc(N(c4ccccc4)c4ccc(C=C5C=C(C=C(C#N)C(=O)O)CCC5)cc4)cc3)cc2)/CCC1)C(=O)O. The van der Waals surface area contributed by atoms with Crippen molar-refractivity contribution >= 4 is 58.2 Å². The van der Waals surface area contributed by atoms with Crippen LogP contribution < -0.4 is 9.80 Å². The summed E-state index contributed by atoms with van der Waals surface area (Å²) in [6.45, 7) is 7.19. The van der Waals surface area contributed by atoms with E-state index < -0.39 is 11.9 Å². The van der Waals surface area contributed by atoms with Gasteiger partial charge in [-0.25, -0.2) is 9.64 Å². The number of para-hydroxylation sites is 2. The maximum atomic E-state index is 11.4. The number of benzene rings is 5. The first-order chi connectivity index (χ1) is 29.3. The quantitative estimate of drug-likeness (QED) is 0.0736. The lowest BCUT2D eigenvalue weighted by Gasteiger charge is -2.28. The molecule has 0 saturated heterocycles. The third-order valence-corrected chi connectivity index (χ3v) is 10.3. The lowest BCUT2D eigenvalue weighted by atomic mass is 9.92. The van der Waals surface area contributed by atoms with Crippen LogP contribution in [0.5, 0.6) is 0 Å². The number of rotatable bonds is 12. The number of anilines is 6. The van der Waals surface area contributed by atoms with Gasteiger partial charge in [0.05, 0.1) is 6.57 Å². The molecule has 2 aliphatic rings. The van der Waals surface area contributed by atoms with Crippen LogP contribution in [0.4, 0.5) is 34.1 Å².